The number of rotatable bonds is 4. The van der Waals surface area contributed by atoms with Gasteiger partial charge >= 0.3 is 0 Å². The molecule has 0 N–H and O–H groups in total. The van der Waals surface area contributed by atoms with Crippen LogP contribution < -0.4 is 0 Å². The highest BCUT2D eigenvalue weighted by Gasteiger charge is 2.32. The Morgan fingerprint density at radius 1 is 1.27 bits per heavy atom. The molecule has 22 heavy (non-hydrogen) atoms. The van der Waals surface area contributed by atoms with Gasteiger partial charge < -0.3 is 9.42 Å². The van der Waals surface area contributed by atoms with Crippen LogP contribution in [-0.2, 0) is 11.2 Å². The summed E-state index contributed by atoms with van der Waals surface area (Å²) >= 11 is 0. The molecule has 1 saturated heterocycles. The van der Waals surface area contributed by atoms with Gasteiger partial charge in [0.2, 0.25) is 11.8 Å². The quantitative estimate of drug-likeness (QED) is 0.857. The number of amides is 1. The van der Waals surface area contributed by atoms with Crippen LogP contribution in [0.5, 0.6) is 0 Å². The van der Waals surface area contributed by atoms with Crippen molar-refractivity contribution in [3.05, 3.63) is 11.7 Å². The lowest BCUT2D eigenvalue weighted by atomic mass is 9.96. The molecule has 1 amide bonds. The highest BCUT2D eigenvalue weighted by molar-refractivity contribution is 5.79. The van der Waals surface area contributed by atoms with Gasteiger partial charge in [0.1, 0.15) is 0 Å². The van der Waals surface area contributed by atoms with Gasteiger partial charge in [-0.15, -0.1) is 0 Å². The Bertz CT molecular complexity index is 506. The molecule has 1 atom stereocenters. The zero-order valence-electron chi connectivity index (χ0n) is 13.8. The molecule has 1 saturated carbocycles. The molecule has 0 unspecified atom stereocenters. The predicted molar refractivity (Wildman–Crippen MR) is 83.4 cm³/mol. The lowest BCUT2D eigenvalue weighted by Crippen LogP contribution is -2.41. The van der Waals surface area contributed by atoms with Gasteiger partial charge in [-0.2, -0.15) is 4.98 Å². The summed E-state index contributed by atoms with van der Waals surface area (Å²) in [4.78, 5) is 19.2. The molecule has 1 aliphatic carbocycles. The van der Waals surface area contributed by atoms with Crippen molar-refractivity contribution in [2.24, 2.45) is 11.8 Å². The number of nitrogens with zero attached hydrogens (tertiary/aromatic N) is 3. The van der Waals surface area contributed by atoms with Crippen molar-refractivity contribution in [1.29, 1.82) is 0 Å². The highest BCUT2D eigenvalue weighted by atomic mass is 16.5. The van der Waals surface area contributed by atoms with E-state index in [1.165, 1.54) is 12.8 Å². The molecule has 2 fully saturated rings. The first kappa shape index (κ1) is 15.5. The second-order valence-electron chi connectivity index (χ2n) is 7.25. The first-order valence-corrected chi connectivity index (χ1v) is 8.74. The molecule has 0 aromatic carbocycles. The van der Waals surface area contributed by atoms with Crippen molar-refractivity contribution in [2.75, 3.05) is 13.1 Å². The van der Waals surface area contributed by atoms with Gasteiger partial charge in [0, 0.05) is 25.4 Å². The fraction of sp³-hybridized carbons (Fsp3) is 0.824. The third-order valence-electron chi connectivity index (χ3n) is 4.86. The van der Waals surface area contributed by atoms with Gasteiger partial charge in [0.15, 0.2) is 5.82 Å². The van der Waals surface area contributed by atoms with Gasteiger partial charge in [-0.1, -0.05) is 31.8 Å². The Hall–Kier alpha value is -1.39. The summed E-state index contributed by atoms with van der Waals surface area (Å²) in [5.74, 6) is 2.87. The molecule has 122 valence electrons. The summed E-state index contributed by atoms with van der Waals surface area (Å²) in [5.41, 5.74) is 0. The normalized spacial score (nSPS) is 23.4. The van der Waals surface area contributed by atoms with Crippen LogP contribution in [0.3, 0.4) is 0 Å². The summed E-state index contributed by atoms with van der Waals surface area (Å²) < 4.78 is 5.46. The lowest BCUT2D eigenvalue weighted by Gasteiger charge is -2.32. The molecule has 2 aliphatic rings. The standard InChI is InChI=1S/C17H27N3O2/c1-12(2)10-15-18-16(22-19-15)14-8-5-9-20(11-14)17(21)13-6-3-4-7-13/h12-14H,3-11H2,1-2H3/t14-/m1/s1. The zero-order valence-corrected chi connectivity index (χ0v) is 13.8. The number of hydrogen-bond acceptors (Lipinski definition) is 4. The molecule has 1 aromatic rings. The molecule has 5 heteroatoms. The van der Waals surface area contributed by atoms with Gasteiger partial charge in [-0.3, -0.25) is 4.79 Å². The minimum atomic E-state index is 0.215. The molecule has 5 nitrogen and oxygen atoms in total. The van der Waals surface area contributed by atoms with Gasteiger partial charge in [-0.05, 0) is 31.6 Å². The first-order chi connectivity index (χ1) is 10.6. The van der Waals surface area contributed by atoms with E-state index in [4.69, 9.17) is 4.52 Å². The van der Waals surface area contributed by atoms with E-state index in [-0.39, 0.29) is 11.8 Å². The summed E-state index contributed by atoms with van der Waals surface area (Å²) in [7, 11) is 0. The number of carbonyl (C=O) groups is 1. The van der Waals surface area contributed by atoms with Gasteiger partial charge in [0.05, 0.1) is 5.92 Å². The lowest BCUT2D eigenvalue weighted by molar-refractivity contribution is -0.136. The van der Waals surface area contributed by atoms with Crippen LogP contribution in [0.1, 0.15) is 70.0 Å². The summed E-state index contributed by atoms with van der Waals surface area (Å²) in [6.07, 6.45) is 7.47. The van der Waals surface area contributed by atoms with Crippen molar-refractivity contribution in [3.8, 4) is 0 Å². The Morgan fingerprint density at radius 3 is 2.77 bits per heavy atom. The van der Waals surface area contributed by atoms with Crippen LogP contribution in [0.15, 0.2) is 4.52 Å². The van der Waals surface area contributed by atoms with E-state index in [9.17, 15) is 4.79 Å². The monoisotopic (exact) mass is 305 g/mol. The minimum absolute atomic E-state index is 0.215. The third kappa shape index (κ3) is 3.50. The van der Waals surface area contributed by atoms with Crippen LogP contribution in [0, 0.1) is 11.8 Å². The van der Waals surface area contributed by atoms with E-state index in [1.807, 2.05) is 4.90 Å². The van der Waals surface area contributed by atoms with Crippen LogP contribution in [0.4, 0.5) is 0 Å². The SMILES string of the molecule is CC(C)Cc1noc([C@@H]2CCCN(C(=O)C3CCCC3)C2)n1. The molecule has 0 radical (unpaired) electrons. The van der Waals surface area contributed by atoms with Gasteiger partial charge in [0.25, 0.3) is 0 Å². The zero-order chi connectivity index (χ0) is 15.5. The second-order valence-corrected chi connectivity index (χ2v) is 7.25. The maximum Gasteiger partial charge on any atom is 0.231 e. The van der Waals surface area contributed by atoms with E-state index < -0.39 is 0 Å². The van der Waals surface area contributed by atoms with Crippen LogP contribution in [-0.4, -0.2) is 34.0 Å². The van der Waals surface area contributed by atoms with E-state index in [0.717, 1.165) is 56.9 Å². The number of aromatic nitrogens is 2. The number of likely N-dealkylation sites (tertiary alicyclic amines) is 1. The number of hydrogen-bond donors (Lipinski definition) is 0. The van der Waals surface area contributed by atoms with E-state index in [0.29, 0.717) is 11.8 Å². The van der Waals surface area contributed by atoms with Crippen LogP contribution >= 0.6 is 0 Å². The van der Waals surface area contributed by atoms with E-state index in [2.05, 4.69) is 24.0 Å². The Kier molecular flexibility index (Phi) is 4.79. The van der Waals surface area contributed by atoms with Crippen molar-refractivity contribution in [3.63, 3.8) is 0 Å². The highest BCUT2D eigenvalue weighted by Crippen LogP contribution is 2.31. The summed E-state index contributed by atoms with van der Waals surface area (Å²) in [5, 5.41) is 4.09. The van der Waals surface area contributed by atoms with Crippen molar-refractivity contribution in [1.82, 2.24) is 15.0 Å². The predicted octanol–water partition coefficient (Wildman–Crippen LogP) is 3.16. The molecule has 0 bridgehead atoms. The van der Waals surface area contributed by atoms with Crippen molar-refractivity contribution < 1.29 is 9.32 Å². The van der Waals surface area contributed by atoms with E-state index >= 15 is 0 Å². The molecule has 2 heterocycles. The second kappa shape index (κ2) is 6.80. The minimum Gasteiger partial charge on any atom is -0.342 e. The third-order valence-corrected chi connectivity index (χ3v) is 4.86. The van der Waals surface area contributed by atoms with Crippen molar-refractivity contribution >= 4 is 5.91 Å². The number of carbonyl (C=O) groups excluding carboxylic acids is 1. The molecule has 3 rings (SSSR count). The van der Waals surface area contributed by atoms with Crippen LogP contribution in [0.25, 0.3) is 0 Å². The maximum atomic E-state index is 12.6. The molecular weight excluding hydrogens is 278 g/mol. The topological polar surface area (TPSA) is 59.2 Å². The molecule has 0 spiro atoms. The Balaban J connectivity index is 1.62. The Labute approximate surface area is 132 Å². The number of piperidine rings is 1. The summed E-state index contributed by atoms with van der Waals surface area (Å²) in [6, 6.07) is 0. The van der Waals surface area contributed by atoms with Crippen LogP contribution in [0.2, 0.25) is 0 Å². The maximum absolute atomic E-state index is 12.6. The molecular formula is C17H27N3O2. The summed E-state index contributed by atoms with van der Waals surface area (Å²) in [6.45, 7) is 5.94. The molecule has 1 aromatic heterocycles. The fourth-order valence-electron chi connectivity index (χ4n) is 3.69. The molecule has 1 aliphatic heterocycles. The average molecular weight is 305 g/mol. The van der Waals surface area contributed by atoms with Crippen molar-refractivity contribution in [2.45, 2.75) is 64.7 Å². The fourth-order valence-corrected chi connectivity index (χ4v) is 3.69. The Morgan fingerprint density at radius 2 is 2.05 bits per heavy atom. The first-order valence-electron chi connectivity index (χ1n) is 8.74. The van der Waals surface area contributed by atoms with Gasteiger partial charge in [-0.25, -0.2) is 0 Å². The smallest absolute Gasteiger partial charge is 0.231 e. The average Bonchev–Trinajstić information content (AvgIpc) is 3.17. The van der Waals surface area contributed by atoms with E-state index in [1.54, 1.807) is 0 Å². The largest absolute Gasteiger partial charge is 0.342 e.